The molecule has 4 rings (SSSR count). The molecule has 1 amide bonds. The van der Waals surface area contributed by atoms with Crippen molar-refractivity contribution in [3.63, 3.8) is 0 Å². The fourth-order valence-corrected chi connectivity index (χ4v) is 5.66. The fourth-order valence-electron chi connectivity index (χ4n) is 5.66. The van der Waals surface area contributed by atoms with Crippen LogP contribution in [0.3, 0.4) is 0 Å². The molecule has 1 aromatic heterocycles. The molecule has 2 atom stereocenters. The van der Waals surface area contributed by atoms with Crippen LogP contribution in [-0.4, -0.2) is 73.5 Å². The van der Waals surface area contributed by atoms with Crippen LogP contribution >= 0.6 is 0 Å². The van der Waals surface area contributed by atoms with E-state index in [0.29, 0.717) is 23.5 Å². The van der Waals surface area contributed by atoms with Crippen LogP contribution in [0, 0.1) is 0 Å². The third-order valence-corrected chi connectivity index (χ3v) is 7.93. The molecule has 0 unspecified atom stereocenters. The van der Waals surface area contributed by atoms with Gasteiger partial charge in [0.15, 0.2) is 5.82 Å². The zero-order valence-corrected chi connectivity index (χ0v) is 25.0. The number of nitrogens with one attached hydrogen (secondary N) is 2. The van der Waals surface area contributed by atoms with Gasteiger partial charge < -0.3 is 25.4 Å². The smallest absolute Gasteiger partial charge is 0.256 e. The number of hydrogen-bond donors (Lipinski definition) is 3. The molecule has 1 saturated heterocycles. The first-order valence-electron chi connectivity index (χ1n) is 14.8. The largest absolute Gasteiger partial charge is 0.497 e. The Balaban J connectivity index is 1.27. The molecule has 0 spiro atoms. The highest BCUT2D eigenvalue weighted by molar-refractivity contribution is 6.03. The van der Waals surface area contributed by atoms with Crippen molar-refractivity contribution >= 4 is 17.4 Å². The van der Waals surface area contributed by atoms with E-state index in [1.807, 2.05) is 36.4 Å². The molecular weight excluding hydrogens is 516 g/mol. The number of amides is 1. The van der Waals surface area contributed by atoms with E-state index in [4.69, 9.17) is 15.2 Å². The number of aromatic nitrogens is 2. The summed E-state index contributed by atoms with van der Waals surface area (Å²) >= 11 is 0. The highest BCUT2D eigenvalue weighted by Gasteiger charge is 2.29. The van der Waals surface area contributed by atoms with Gasteiger partial charge in [-0.2, -0.15) is 5.10 Å². The van der Waals surface area contributed by atoms with E-state index >= 15 is 0 Å². The summed E-state index contributed by atoms with van der Waals surface area (Å²) in [5.74, 6) is 1.87. The molecule has 1 aliphatic rings. The first-order valence-corrected chi connectivity index (χ1v) is 14.8. The molecule has 2 heterocycles. The summed E-state index contributed by atoms with van der Waals surface area (Å²) in [6.45, 7) is 8.53. The van der Waals surface area contributed by atoms with Gasteiger partial charge in [0.1, 0.15) is 11.5 Å². The Kier molecular flexibility index (Phi) is 11.0. The molecule has 9 heteroatoms. The first-order chi connectivity index (χ1) is 19.9. The second-order valence-electron chi connectivity index (χ2n) is 11.0. The van der Waals surface area contributed by atoms with Gasteiger partial charge in [0.05, 0.1) is 14.2 Å². The minimum absolute atomic E-state index is 0.173. The highest BCUT2D eigenvalue weighted by Crippen LogP contribution is 2.25. The van der Waals surface area contributed by atoms with E-state index in [-0.39, 0.29) is 5.91 Å². The second kappa shape index (κ2) is 14.9. The third-order valence-electron chi connectivity index (χ3n) is 7.93. The molecule has 1 fully saturated rings. The Morgan fingerprint density at radius 1 is 0.951 bits per heavy atom. The van der Waals surface area contributed by atoms with Crippen molar-refractivity contribution in [2.75, 3.05) is 50.6 Å². The molecule has 0 bridgehead atoms. The summed E-state index contributed by atoms with van der Waals surface area (Å²) in [6.07, 6.45) is 6.35. The topological polar surface area (TPSA) is 109 Å². The summed E-state index contributed by atoms with van der Waals surface area (Å²) in [5, 5.41) is 10.2. The maximum atomic E-state index is 12.9. The lowest BCUT2D eigenvalue weighted by Gasteiger charge is -2.45. The number of hydrogen-bond acceptors (Lipinski definition) is 7. The normalized spacial score (nSPS) is 17.4. The van der Waals surface area contributed by atoms with Crippen molar-refractivity contribution in [1.29, 1.82) is 0 Å². The number of nitrogens with zero attached hydrogens (tertiary/aromatic N) is 3. The molecule has 222 valence electrons. The number of rotatable bonds is 14. The lowest BCUT2D eigenvalue weighted by atomic mass is 10.0. The average molecular weight is 563 g/mol. The van der Waals surface area contributed by atoms with Crippen LogP contribution in [0.2, 0.25) is 0 Å². The van der Waals surface area contributed by atoms with Crippen LogP contribution in [0.1, 0.15) is 61.1 Å². The molecule has 9 nitrogen and oxygen atoms in total. The van der Waals surface area contributed by atoms with Crippen molar-refractivity contribution in [1.82, 2.24) is 15.1 Å². The van der Waals surface area contributed by atoms with Crippen molar-refractivity contribution in [2.45, 2.75) is 64.5 Å². The van der Waals surface area contributed by atoms with Gasteiger partial charge in [0.2, 0.25) is 0 Å². The number of anilines is 2. The van der Waals surface area contributed by atoms with Gasteiger partial charge in [0, 0.05) is 54.3 Å². The molecule has 1 aliphatic heterocycles. The van der Waals surface area contributed by atoms with E-state index in [1.165, 1.54) is 19.3 Å². The Hall–Kier alpha value is -3.56. The Morgan fingerprint density at radius 2 is 1.61 bits per heavy atom. The predicted octanol–water partition coefficient (Wildman–Crippen LogP) is 4.88. The van der Waals surface area contributed by atoms with Gasteiger partial charge in [-0.25, -0.2) is 0 Å². The highest BCUT2D eigenvalue weighted by atomic mass is 16.5. The van der Waals surface area contributed by atoms with E-state index in [1.54, 1.807) is 14.2 Å². The maximum Gasteiger partial charge on any atom is 0.256 e. The van der Waals surface area contributed by atoms with Gasteiger partial charge in [-0.3, -0.25) is 14.8 Å². The zero-order chi connectivity index (χ0) is 29.2. The van der Waals surface area contributed by atoms with Gasteiger partial charge in [-0.15, -0.1) is 0 Å². The number of ether oxygens (including phenoxy) is 2. The number of methoxy groups -OCH3 is 2. The van der Waals surface area contributed by atoms with Crippen LogP contribution in [0.4, 0.5) is 11.5 Å². The Bertz CT molecular complexity index is 1210. The molecule has 4 N–H and O–H groups in total. The van der Waals surface area contributed by atoms with Crippen LogP contribution in [0.25, 0.3) is 0 Å². The van der Waals surface area contributed by atoms with Crippen LogP contribution in [0.15, 0.2) is 48.5 Å². The molecule has 41 heavy (non-hydrogen) atoms. The number of carbonyl (C=O) groups is 1. The minimum atomic E-state index is -0.173. The molecule has 3 aromatic rings. The number of carbonyl (C=O) groups excluding carboxylic acids is 1. The quantitative estimate of drug-likeness (QED) is 0.240. The lowest BCUT2D eigenvalue weighted by molar-refractivity contribution is 0.102. The summed E-state index contributed by atoms with van der Waals surface area (Å²) in [6, 6.07) is 16.6. The molecule has 2 aromatic carbocycles. The number of H-pyrrole nitrogens is 1. The number of unbranched alkanes of at least 4 members (excludes halogenated alkanes) is 3. The summed E-state index contributed by atoms with van der Waals surface area (Å²) in [4.78, 5) is 18.0. The zero-order valence-electron chi connectivity index (χ0n) is 25.0. The van der Waals surface area contributed by atoms with Crippen molar-refractivity contribution in [3.05, 3.63) is 65.4 Å². The SMILES string of the molecule is COc1cc(CCc2cc(NC(=O)c3ccc(N4C[C@@H](C)N(CCCCCCN)[C@@H](C)C4)cc3)n[nH]2)cc(OC)c1. The van der Waals surface area contributed by atoms with E-state index < -0.39 is 0 Å². The van der Waals surface area contributed by atoms with Crippen LogP contribution < -0.4 is 25.4 Å². The standard InChI is InChI=1S/C32H46N6O3/c1-23-21-37(22-24(2)38(23)16-8-6-5-7-15-33)28-13-10-26(11-14-28)32(39)34-31-19-27(35-36-31)12-9-25-17-29(40-3)20-30(18-25)41-4/h10-11,13-14,17-20,23-24H,5-9,12,15-16,21-22,33H2,1-4H3,(H2,34,35,36,39)/t23-,24+. The number of nitrogens with two attached hydrogens (primary N) is 1. The van der Waals surface area contributed by atoms with E-state index in [2.05, 4.69) is 51.3 Å². The van der Waals surface area contributed by atoms with Crippen LogP contribution in [0.5, 0.6) is 11.5 Å². The lowest BCUT2D eigenvalue weighted by Crippen LogP contribution is -2.57. The molecular formula is C32H46N6O3. The van der Waals surface area contributed by atoms with Gasteiger partial charge in [-0.1, -0.05) is 12.8 Å². The number of aromatic amines is 1. The minimum Gasteiger partial charge on any atom is -0.497 e. The van der Waals surface area contributed by atoms with Gasteiger partial charge in [-0.05, 0) is 94.6 Å². The van der Waals surface area contributed by atoms with Crippen molar-refractivity contribution < 1.29 is 14.3 Å². The number of benzene rings is 2. The predicted molar refractivity (Wildman–Crippen MR) is 165 cm³/mol. The summed E-state index contributed by atoms with van der Waals surface area (Å²) in [5.41, 5.74) is 9.43. The second-order valence-corrected chi connectivity index (χ2v) is 11.0. The van der Waals surface area contributed by atoms with Crippen molar-refractivity contribution in [3.8, 4) is 11.5 Å². The maximum absolute atomic E-state index is 12.9. The Morgan fingerprint density at radius 3 is 2.24 bits per heavy atom. The average Bonchev–Trinajstić information content (AvgIpc) is 3.44. The fraction of sp³-hybridized carbons (Fsp3) is 0.500. The molecule has 0 saturated carbocycles. The van der Waals surface area contributed by atoms with E-state index in [9.17, 15) is 4.79 Å². The molecule has 0 aliphatic carbocycles. The monoisotopic (exact) mass is 562 g/mol. The first kappa shape index (κ1) is 30.4. The summed E-state index contributed by atoms with van der Waals surface area (Å²) in [7, 11) is 3.29. The van der Waals surface area contributed by atoms with Crippen molar-refractivity contribution in [2.24, 2.45) is 5.73 Å². The number of piperazine rings is 1. The summed E-state index contributed by atoms with van der Waals surface area (Å²) < 4.78 is 10.7. The van der Waals surface area contributed by atoms with Gasteiger partial charge in [0.25, 0.3) is 5.91 Å². The van der Waals surface area contributed by atoms with E-state index in [0.717, 1.165) is 73.9 Å². The number of aryl methyl sites for hydroxylation is 2. The third kappa shape index (κ3) is 8.47. The van der Waals surface area contributed by atoms with Crippen LogP contribution in [-0.2, 0) is 12.8 Å². The molecule has 0 radical (unpaired) electrons. The Labute approximate surface area is 244 Å². The van der Waals surface area contributed by atoms with Gasteiger partial charge >= 0.3 is 0 Å².